The predicted molar refractivity (Wildman–Crippen MR) is 108 cm³/mol. The first-order valence-electron chi connectivity index (χ1n) is 7.66. The number of thiocarbonyl (C=S) groups is 1. The molecule has 1 aliphatic rings. The van der Waals surface area contributed by atoms with Crippen LogP contribution in [0.4, 0.5) is 17.1 Å². The summed E-state index contributed by atoms with van der Waals surface area (Å²) < 4.78 is 5.39. The molecule has 0 saturated carbocycles. The molecule has 0 unspecified atom stereocenters. The fourth-order valence-electron chi connectivity index (χ4n) is 2.53. The number of nitro benzene ring substituents is 2. The Bertz CT molecular complexity index is 1050. The van der Waals surface area contributed by atoms with E-state index in [4.69, 9.17) is 17.0 Å². The third-order valence-electron chi connectivity index (χ3n) is 3.80. The Kier molecular flexibility index (Phi) is 5.38. The van der Waals surface area contributed by atoms with Gasteiger partial charge in [0.15, 0.2) is 4.32 Å². The van der Waals surface area contributed by atoms with Crippen molar-refractivity contribution in [3.8, 4) is 5.75 Å². The molecule has 11 heteroatoms. The number of nitro groups is 2. The summed E-state index contributed by atoms with van der Waals surface area (Å²) in [5.41, 5.74) is 0.291. The second-order valence-electron chi connectivity index (χ2n) is 5.48. The number of hydrogen-bond donors (Lipinski definition) is 0. The number of ether oxygens (including phenoxy) is 1. The average molecular weight is 417 g/mol. The van der Waals surface area contributed by atoms with Crippen LogP contribution in [0.1, 0.15) is 5.56 Å². The van der Waals surface area contributed by atoms with Crippen molar-refractivity contribution in [2.75, 3.05) is 12.0 Å². The summed E-state index contributed by atoms with van der Waals surface area (Å²) in [6, 6.07) is 9.58. The van der Waals surface area contributed by atoms with E-state index in [1.165, 1.54) is 60.6 Å². The van der Waals surface area contributed by atoms with Gasteiger partial charge in [-0.05, 0) is 18.2 Å². The Morgan fingerprint density at radius 1 is 1.11 bits per heavy atom. The maximum atomic E-state index is 12.8. The highest BCUT2D eigenvalue weighted by Crippen LogP contribution is 2.38. The summed E-state index contributed by atoms with van der Waals surface area (Å²) in [6.45, 7) is 0. The highest BCUT2D eigenvalue weighted by atomic mass is 32.2. The van der Waals surface area contributed by atoms with E-state index in [0.717, 1.165) is 11.8 Å². The van der Waals surface area contributed by atoms with Crippen LogP contribution < -0.4 is 9.64 Å². The van der Waals surface area contributed by atoms with Gasteiger partial charge in [-0.1, -0.05) is 30.0 Å². The lowest BCUT2D eigenvalue weighted by molar-refractivity contribution is -0.385. The van der Waals surface area contributed by atoms with Crippen LogP contribution >= 0.6 is 24.0 Å². The van der Waals surface area contributed by atoms with Crippen LogP contribution in [0.25, 0.3) is 6.08 Å². The molecule has 2 aromatic carbocycles. The molecule has 2 aromatic rings. The van der Waals surface area contributed by atoms with Gasteiger partial charge in [-0.3, -0.25) is 29.9 Å². The number of carbonyl (C=O) groups is 1. The molecule has 0 N–H and O–H groups in total. The summed E-state index contributed by atoms with van der Waals surface area (Å²) in [5.74, 6) is -0.129. The molecule has 1 heterocycles. The van der Waals surface area contributed by atoms with Gasteiger partial charge < -0.3 is 4.74 Å². The van der Waals surface area contributed by atoms with E-state index in [0.29, 0.717) is 11.3 Å². The van der Waals surface area contributed by atoms with Gasteiger partial charge in [-0.2, -0.15) is 0 Å². The van der Waals surface area contributed by atoms with E-state index in [1.54, 1.807) is 0 Å². The van der Waals surface area contributed by atoms with Crippen LogP contribution in [0.3, 0.4) is 0 Å². The van der Waals surface area contributed by atoms with Gasteiger partial charge in [0.05, 0.1) is 27.5 Å². The quantitative estimate of drug-likeness (QED) is 0.311. The van der Waals surface area contributed by atoms with Gasteiger partial charge in [0.2, 0.25) is 0 Å². The monoisotopic (exact) mass is 417 g/mol. The first-order valence-corrected chi connectivity index (χ1v) is 8.89. The first-order chi connectivity index (χ1) is 13.3. The molecule has 0 aliphatic carbocycles. The van der Waals surface area contributed by atoms with Crippen molar-refractivity contribution in [2.24, 2.45) is 0 Å². The number of carbonyl (C=O) groups excluding carboxylic acids is 1. The van der Waals surface area contributed by atoms with Crippen LogP contribution in [-0.4, -0.2) is 27.2 Å². The van der Waals surface area contributed by atoms with Crippen LogP contribution in [0.15, 0.2) is 47.4 Å². The summed E-state index contributed by atoms with van der Waals surface area (Å²) in [6.07, 6.45) is 1.45. The molecule has 0 bridgehead atoms. The summed E-state index contributed by atoms with van der Waals surface area (Å²) in [4.78, 5) is 35.1. The molecule has 3 rings (SSSR count). The Morgan fingerprint density at radius 3 is 2.43 bits per heavy atom. The number of amides is 1. The molecular weight excluding hydrogens is 406 g/mol. The molecule has 142 valence electrons. The third-order valence-corrected chi connectivity index (χ3v) is 5.11. The lowest BCUT2D eigenvalue weighted by atomic mass is 10.1. The van der Waals surface area contributed by atoms with Gasteiger partial charge >= 0.3 is 0 Å². The zero-order chi connectivity index (χ0) is 20.4. The fraction of sp³-hybridized carbons (Fsp3) is 0.0588. The first kappa shape index (κ1) is 19.5. The number of nitrogens with zero attached hydrogens (tertiary/aromatic N) is 3. The molecule has 28 heavy (non-hydrogen) atoms. The smallest absolute Gasteiger partial charge is 0.271 e. The molecular formula is C17H11N3O6S2. The fourth-order valence-corrected chi connectivity index (χ4v) is 3.82. The highest BCUT2D eigenvalue weighted by Gasteiger charge is 2.34. The Balaban J connectivity index is 2.00. The summed E-state index contributed by atoms with van der Waals surface area (Å²) in [7, 11) is 1.41. The van der Waals surface area contributed by atoms with Crippen molar-refractivity contribution in [1.82, 2.24) is 0 Å². The summed E-state index contributed by atoms with van der Waals surface area (Å²) in [5, 5.41) is 22.0. The summed E-state index contributed by atoms with van der Waals surface area (Å²) >= 11 is 6.24. The average Bonchev–Trinajstić information content (AvgIpc) is 2.95. The van der Waals surface area contributed by atoms with Gasteiger partial charge in [-0.25, -0.2) is 0 Å². The minimum Gasteiger partial charge on any atom is -0.496 e. The van der Waals surface area contributed by atoms with Crippen molar-refractivity contribution in [2.45, 2.75) is 0 Å². The number of anilines is 1. The molecule has 1 amide bonds. The molecule has 0 atom stereocenters. The zero-order valence-electron chi connectivity index (χ0n) is 14.2. The molecule has 0 radical (unpaired) electrons. The maximum Gasteiger partial charge on any atom is 0.271 e. The third kappa shape index (κ3) is 3.70. The van der Waals surface area contributed by atoms with Crippen LogP contribution in [0, 0.1) is 20.2 Å². The largest absolute Gasteiger partial charge is 0.496 e. The number of non-ortho nitro benzene ring substituents is 2. The van der Waals surface area contributed by atoms with Crippen LogP contribution in [0.5, 0.6) is 5.75 Å². The number of methoxy groups -OCH3 is 1. The standard InChI is InChI=1S/C17H11N3O6S2/c1-26-14-6-5-13(20(24)25)7-10(14)8-15-16(21)18(17(27)28-15)11-3-2-4-12(9-11)19(22)23/h2-9H,1H3/b15-8-. The number of rotatable bonds is 5. The van der Waals surface area contributed by atoms with E-state index in [-0.39, 0.29) is 26.3 Å². The molecule has 0 spiro atoms. The minimum atomic E-state index is -0.565. The van der Waals surface area contributed by atoms with Crippen LogP contribution in [-0.2, 0) is 4.79 Å². The highest BCUT2D eigenvalue weighted by molar-refractivity contribution is 8.27. The Labute approximate surface area is 167 Å². The van der Waals surface area contributed by atoms with E-state index in [1.807, 2.05) is 0 Å². The van der Waals surface area contributed by atoms with E-state index in [2.05, 4.69) is 0 Å². The second kappa shape index (κ2) is 7.74. The van der Waals surface area contributed by atoms with Crippen molar-refractivity contribution in [1.29, 1.82) is 0 Å². The van der Waals surface area contributed by atoms with Crippen molar-refractivity contribution < 1.29 is 19.4 Å². The Hall–Kier alpha value is -3.31. The maximum absolute atomic E-state index is 12.8. The molecule has 0 aromatic heterocycles. The van der Waals surface area contributed by atoms with Gasteiger partial charge in [0, 0.05) is 29.8 Å². The lowest BCUT2D eigenvalue weighted by Gasteiger charge is -2.14. The van der Waals surface area contributed by atoms with Crippen molar-refractivity contribution in [3.63, 3.8) is 0 Å². The van der Waals surface area contributed by atoms with E-state index < -0.39 is 15.8 Å². The topological polar surface area (TPSA) is 116 Å². The minimum absolute atomic E-state index is 0.152. The van der Waals surface area contributed by atoms with Crippen LogP contribution in [0.2, 0.25) is 0 Å². The lowest BCUT2D eigenvalue weighted by Crippen LogP contribution is -2.27. The van der Waals surface area contributed by atoms with Crippen molar-refractivity contribution >= 4 is 57.3 Å². The number of thioether (sulfide) groups is 1. The number of benzene rings is 2. The van der Waals surface area contributed by atoms with Gasteiger partial charge in [-0.15, -0.1) is 0 Å². The van der Waals surface area contributed by atoms with E-state index in [9.17, 15) is 25.0 Å². The van der Waals surface area contributed by atoms with Gasteiger partial charge in [0.1, 0.15) is 5.75 Å². The second-order valence-corrected chi connectivity index (χ2v) is 7.15. The van der Waals surface area contributed by atoms with Crippen molar-refractivity contribution in [3.05, 3.63) is 73.2 Å². The zero-order valence-corrected chi connectivity index (χ0v) is 15.9. The number of hydrogen-bond acceptors (Lipinski definition) is 8. The predicted octanol–water partition coefficient (Wildman–Crippen LogP) is 3.92. The van der Waals surface area contributed by atoms with Gasteiger partial charge in [0.25, 0.3) is 17.3 Å². The molecule has 1 saturated heterocycles. The normalized spacial score (nSPS) is 15.2. The molecule has 1 fully saturated rings. The molecule has 1 aliphatic heterocycles. The van der Waals surface area contributed by atoms with E-state index >= 15 is 0 Å². The molecule has 9 nitrogen and oxygen atoms in total. The SMILES string of the molecule is COc1ccc([N+](=O)[O-])cc1/C=C1\SC(=S)N(c2cccc([N+](=O)[O-])c2)C1=O. The Morgan fingerprint density at radius 2 is 1.79 bits per heavy atom.